The number of anilines is 1. The van der Waals surface area contributed by atoms with Crippen molar-refractivity contribution in [2.45, 2.75) is 45.8 Å². The van der Waals surface area contributed by atoms with E-state index in [1.807, 2.05) is 26.8 Å². The van der Waals surface area contributed by atoms with E-state index in [0.29, 0.717) is 0 Å². The van der Waals surface area contributed by atoms with Gasteiger partial charge in [-0.1, -0.05) is 0 Å². The molecule has 1 N–H and O–H groups in total. The average Bonchev–Trinajstić information content (AvgIpc) is 2.14. The van der Waals surface area contributed by atoms with Crippen molar-refractivity contribution in [3.05, 3.63) is 29.6 Å². The molecule has 0 aliphatic carbocycles. The van der Waals surface area contributed by atoms with E-state index in [1.54, 1.807) is 7.11 Å². The highest BCUT2D eigenvalue weighted by Gasteiger charge is 2.20. The molecule has 17 heavy (non-hydrogen) atoms. The van der Waals surface area contributed by atoms with Gasteiger partial charge in [-0.15, -0.1) is 0 Å². The zero-order valence-electron chi connectivity index (χ0n) is 11.3. The fraction of sp³-hybridized carbons (Fsp3) is 0.571. The molecule has 0 radical (unpaired) electrons. The SMILES string of the molecule is COC(C)(C)CC(C)Nc1cc(C)cc(F)c1. The van der Waals surface area contributed by atoms with Crippen LogP contribution in [0.3, 0.4) is 0 Å². The summed E-state index contributed by atoms with van der Waals surface area (Å²) in [5, 5.41) is 3.29. The van der Waals surface area contributed by atoms with Gasteiger partial charge in [-0.3, -0.25) is 0 Å². The number of methoxy groups -OCH3 is 1. The number of aryl methyl sites for hydroxylation is 1. The first-order valence-electron chi connectivity index (χ1n) is 5.91. The summed E-state index contributed by atoms with van der Waals surface area (Å²) >= 11 is 0. The van der Waals surface area contributed by atoms with E-state index in [2.05, 4.69) is 12.2 Å². The third-order valence-corrected chi connectivity index (χ3v) is 2.81. The molecule has 1 rings (SSSR count). The summed E-state index contributed by atoms with van der Waals surface area (Å²) < 4.78 is 18.6. The van der Waals surface area contributed by atoms with E-state index < -0.39 is 0 Å². The fourth-order valence-corrected chi connectivity index (χ4v) is 1.98. The topological polar surface area (TPSA) is 21.3 Å². The molecule has 0 fully saturated rings. The standard InChI is InChI=1S/C14H22FNO/c1-10-6-12(15)8-13(7-10)16-11(2)9-14(3,4)17-5/h6-8,11,16H,9H2,1-5H3. The van der Waals surface area contributed by atoms with Crippen LogP contribution in [0.2, 0.25) is 0 Å². The van der Waals surface area contributed by atoms with E-state index in [1.165, 1.54) is 12.1 Å². The van der Waals surface area contributed by atoms with Gasteiger partial charge in [-0.05, 0) is 57.9 Å². The second-order valence-corrected chi connectivity index (χ2v) is 5.23. The maximum atomic E-state index is 13.2. The number of ether oxygens (including phenoxy) is 1. The first kappa shape index (κ1) is 14.0. The molecule has 0 spiro atoms. The summed E-state index contributed by atoms with van der Waals surface area (Å²) in [5.74, 6) is -0.203. The largest absolute Gasteiger partial charge is 0.382 e. The molecule has 2 nitrogen and oxygen atoms in total. The number of benzene rings is 1. The Kier molecular flexibility index (Phi) is 4.52. The van der Waals surface area contributed by atoms with E-state index in [0.717, 1.165) is 17.7 Å². The van der Waals surface area contributed by atoms with E-state index in [9.17, 15) is 4.39 Å². The molecule has 0 saturated heterocycles. The molecule has 96 valence electrons. The van der Waals surface area contributed by atoms with Gasteiger partial charge >= 0.3 is 0 Å². The molecule has 0 amide bonds. The Morgan fingerprint density at radius 3 is 2.53 bits per heavy atom. The highest BCUT2D eigenvalue weighted by Crippen LogP contribution is 2.20. The Hall–Kier alpha value is -1.09. The van der Waals surface area contributed by atoms with Gasteiger partial charge in [-0.25, -0.2) is 4.39 Å². The molecule has 0 bridgehead atoms. The molecule has 3 heteroatoms. The van der Waals surface area contributed by atoms with Gasteiger partial charge in [0.05, 0.1) is 5.60 Å². The number of rotatable bonds is 5. The first-order chi connectivity index (χ1) is 7.82. The zero-order chi connectivity index (χ0) is 13.1. The van der Waals surface area contributed by atoms with Gasteiger partial charge < -0.3 is 10.1 Å². The van der Waals surface area contributed by atoms with E-state index >= 15 is 0 Å². The molecule has 1 unspecified atom stereocenters. The number of hydrogen-bond donors (Lipinski definition) is 1. The van der Waals surface area contributed by atoms with Crippen LogP contribution in [0.4, 0.5) is 10.1 Å². The molecule has 0 saturated carbocycles. The van der Waals surface area contributed by atoms with Gasteiger partial charge in [0.15, 0.2) is 0 Å². The minimum Gasteiger partial charge on any atom is -0.382 e. The van der Waals surface area contributed by atoms with Gasteiger partial charge in [0.2, 0.25) is 0 Å². The minimum atomic E-state index is -0.203. The van der Waals surface area contributed by atoms with Gasteiger partial charge in [-0.2, -0.15) is 0 Å². The van der Waals surface area contributed by atoms with Crippen LogP contribution in [0.25, 0.3) is 0 Å². The summed E-state index contributed by atoms with van der Waals surface area (Å²) in [5.41, 5.74) is 1.57. The Bertz CT molecular complexity index is 356. The molecule has 0 heterocycles. The van der Waals surface area contributed by atoms with Crippen LogP contribution in [-0.2, 0) is 4.74 Å². The summed E-state index contributed by atoms with van der Waals surface area (Å²) in [6.45, 7) is 8.04. The molecular weight excluding hydrogens is 217 g/mol. The Balaban J connectivity index is 2.65. The van der Waals surface area contributed by atoms with Crippen molar-refractivity contribution in [2.75, 3.05) is 12.4 Å². The second kappa shape index (κ2) is 5.50. The Labute approximate surface area is 103 Å². The summed E-state index contributed by atoms with van der Waals surface area (Å²) in [4.78, 5) is 0. The smallest absolute Gasteiger partial charge is 0.125 e. The maximum absolute atomic E-state index is 13.2. The highest BCUT2D eigenvalue weighted by atomic mass is 19.1. The van der Waals surface area contributed by atoms with Crippen molar-refractivity contribution >= 4 is 5.69 Å². The predicted molar refractivity (Wildman–Crippen MR) is 69.9 cm³/mol. The van der Waals surface area contributed by atoms with Crippen LogP contribution < -0.4 is 5.32 Å². The number of hydrogen-bond acceptors (Lipinski definition) is 2. The molecule has 0 aliphatic heterocycles. The summed E-state index contributed by atoms with van der Waals surface area (Å²) in [6, 6.07) is 5.21. The quantitative estimate of drug-likeness (QED) is 0.845. The average molecular weight is 239 g/mol. The maximum Gasteiger partial charge on any atom is 0.125 e. The molecule has 1 aromatic carbocycles. The van der Waals surface area contributed by atoms with Crippen LogP contribution in [0, 0.1) is 12.7 Å². The number of halogens is 1. The van der Waals surface area contributed by atoms with Gasteiger partial charge in [0.1, 0.15) is 5.82 Å². The lowest BCUT2D eigenvalue weighted by Crippen LogP contribution is -2.31. The Morgan fingerprint density at radius 1 is 1.35 bits per heavy atom. The zero-order valence-corrected chi connectivity index (χ0v) is 11.3. The predicted octanol–water partition coefficient (Wildman–Crippen LogP) is 3.75. The number of nitrogens with one attached hydrogen (secondary N) is 1. The monoisotopic (exact) mass is 239 g/mol. The van der Waals surface area contributed by atoms with Crippen LogP contribution in [0.15, 0.2) is 18.2 Å². The van der Waals surface area contributed by atoms with Crippen LogP contribution in [0.5, 0.6) is 0 Å². The third kappa shape index (κ3) is 4.73. The van der Waals surface area contributed by atoms with Crippen molar-refractivity contribution < 1.29 is 9.13 Å². The van der Waals surface area contributed by atoms with Crippen LogP contribution in [-0.4, -0.2) is 18.8 Å². The lowest BCUT2D eigenvalue weighted by Gasteiger charge is -2.27. The Morgan fingerprint density at radius 2 is 2.00 bits per heavy atom. The van der Waals surface area contributed by atoms with Crippen LogP contribution >= 0.6 is 0 Å². The van der Waals surface area contributed by atoms with Crippen molar-refractivity contribution in [3.8, 4) is 0 Å². The van der Waals surface area contributed by atoms with Gasteiger partial charge in [0, 0.05) is 18.8 Å². The van der Waals surface area contributed by atoms with Crippen molar-refractivity contribution in [2.24, 2.45) is 0 Å². The molecule has 0 aliphatic rings. The minimum absolute atomic E-state index is 0.172. The second-order valence-electron chi connectivity index (χ2n) is 5.23. The lowest BCUT2D eigenvalue weighted by molar-refractivity contribution is 0.0128. The van der Waals surface area contributed by atoms with Gasteiger partial charge in [0.25, 0.3) is 0 Å². The third-order valence-electron chi connectivity index (χ3n) is 2.81. The summed E-state index contributed by atoms with van der Waals surface area (Å²) in [6.07, 6.45) is 0.860. The molecular formula is C14H22FNO. The van der Waals surface area contributed by atoms with Crippen molar-refractivity contribution in [3.63, 3.8) is 0 Å². The van der Waals surface area contributed by atoms with Crippen molar-refractivity contribution in [1.82, 2.24) is 0 Å². The molecule has 1 atom stereocenters. The fourth-order valence-electron chi connectivity index (χ4n) is 1.98. The normalized spacial score (nSPS) is 13.5. The van der Waals surface area contributed by atoms with Crippen LogP contribution in [0.1, 0.15) is 32.8 Å². The summed E-state index contributed by atoms with van der Waals surface area (Å²) in [7, 11) is 1.71. The first-order valence-corrected chi connectivity index (χ1v) is 5.91. The lowest BCUT2D eigenvalue weighted by atomic mass is 9.99. The highest BCUT2D eigenvalue weighted by molar-refractivity contribution is 5.46. The molecule has 0 aromatic heterocycles. The van der Waals surface area contributed by atoms with Crippen molar-refractivity contribution in [1.29, 1.82) is 0 Å². The molecule has 1 aromatic rings. The van der Waals surface area contributed by atoms with E-state index in [4.69, 9.17) is 4.74 Å². The van der Waals surface area contributed by atoms with E-state index in [-0.39, 0.29) is 17.5 Å².